The molecule has 0 aliphatic carbocycles. The van der Waals surface area contributed by atoms with Gasteiger partial charge < -0.3 is 16.5 Å². The van der Waals surface area contributed by atoms with Crippen molar-refractivity contribution in [1.29, 1.82) is 0 Å². The van der Waals surface area contributed by atoms with Gasteiger partial charge in [0.15, 0.2) is 0 Å². The predicted molar refractivity (Wildman–Crippen MR) is 58.3 cm³/mol. The van der Waals surface area contributed by atoms with Gasteiger partial charge in [0.25, 0.3) is 0 Å². The Labute approximate surface area is 83.2 Å². The molecule has 0 bridgehead atoms. The van der Waals surface area contributed by atoms with Gasteiger partial charge in [-0.25, -0.2) is 0 Å². The van der Waals surface area contributed by atoms with Crippen LogP contribution in [0.15, 0.2) is 23.3 Å². The Morgan fingerprint density at radius 2 is 2.29 bits per heavy atom. The van der Waals surface area contributed by atoms with E-state index in [1.165, 1.54) is 11.3 Å². The molecule has 0 saturated carbocycles. The molecule has 1 aliphatic rings. The molecule has 0 unspecified atom stereocenters. The van der Waals surface area contributed by atoms with Crippen LogP contribution in [0.4, 0.5) is 5.69 Å². The van der Waals surface area contributed by atoms with Crippen LogP contribution in [0, 0.1) is 0 Å². The molecule has 4 heteroatoms. The molecule has 0 aromatic heterocycles. The number of anilines is 1. The number of fused-ring (bicyclic) bond motifs is 1. The summed E-state index contributed by atoms with van der Waals surface area (Å²) in [6, 6.07) is 6.09. The van der Waals surface area contributed by atoms with E-state index in [1.54, 1.807) is 0 Å². The summed E-state index contributed by atoms with van der Waals surface area (Å²) in [6.07, 6.45) is 1.10. The maximum Gasteiger partial charge on any atom is 0.150 e. The van der Waals surface area contributed by atoms with Crippen molar-refractivity contribution in [2.45, 2.75) is 6.42 Å². The van der Waals surface area contributed by atoms with E-state index in [0.29, 0.717) is 5.84 Å². The summed E-state index contributed by atoms with van der Waals surface area (Å²) in [5.74, 6) is 5.52. The number of hydrogen-bond acceptors (Lipinski definition) is 3. The topological polar surface area (TPSA) is 67.6 Å². The Bertz CT molecular complexity index is 384. The van der Waals surface area contributed by atoms with Crippen molar-refractivity contribution in [1.82, 2.24) is 0 Å². The summed E-state index contributed by atoms with van der Waals surface area (Å²) in [4.78, 5) is 2.21. The lowest BCUT2D eigenvalue weighted by molar-refractivity contribution is 0.956. The lowest BCUT2D eigenvalue weighted by Gasteiger charge is -2.12. The quantitative estimate of drug-likeness (QED) is 0.289. The lowest BCUT2D eigenvalue weighted by atomic mass is 10.1. The molecule has 0 radical (unpaired) electrons. The zero-order valence-corrected chi connectivity index (χ0v) is 8.20. The second-order valence-electron chi connectivity index (χ2n) is 3.53. The number of nitrogens with zero attached hydrogens (tertiary/aromatic N) is 2. The molecular formula is C10H14N4. The van der Waals surface area contributed by atoms with Crippen molar-refractivity contribution in [2.24, 2.45) is 16.7 Å². The van der Waals surface area contributed by atoms with E-state index in [1.807, 2.05) is 12.1 Å². The highest BCUT2D eigenvalue weighted by molar-refractivity contribution is 5.98. The van der Waals surface area contributed by atoms with Gasteiger partial charge in [-0.2, -0.15) is 5.10 Å². The van der Waals surface area contributed by atoms with Crippen LogP contribution in [-0.4, -0.2) is 19.4 Å². The molecule has 4 nitrogen and oxygen atoms in total. The van der Waals surface area contributed by atoms with Crippen LogP contribution in [0.3, 0.4) is 0 Å². The third-order valence-electron chi connectivity index (χ3n) is 2.65. The smallest absolute Gasteiger partial charge is 0.150 e. The van der Waals surface area contributed by atoms with Gasteiger partial charge in [-0.3, -0.25) is 0 Å². The van der Waals surface area contributed by atoms with Crippen molar-refractivity contribution in [2.75, 3.05) is 18.5 Å². The molecule has 0 atom stereocenters. The van der Waals surface area contributed by atoms with Crippen molar-refractivity contribution in [3.63, 3.8) is 0 Å². The standard InChI is InChI=1S/C10H14N4/c1-14-5-4-7-2-3-8(6-9(7)14)10(11)13-12/h2-3,6H,4-5,12H2,1H3,(H2,11,13). The minimum absolute atomic E-state index is 0.383. The normalized spacial score (nSPS) is 15.8. The summed E-state index contributed by atoms with van der Waals surface area (Å²) < 4.78 is 0. The molecule has 0 spiro atoms. The second-order valence-corrected chi connectivity index (χ2v) is 3.53. The second kappa shape index (κ2) is 3.21. The maximum atomic E-state index is 5.64. The van der Waals surface area contributed by atoms with Gasteiger partial charge in [-0.05, 0) is 18.1 Å². The van der Waals surface area contributed by atoms with Gasteiger partial charge in [0.05, 0.1) is 0 Å². The molecule has 4 N–H and O–H groups in total. The number of benzene rings is 1. The summed E-state index contributed by atoms with van der Waals surface area (Å²) in [7, 11) is 2.07. The van der Waals surface area contributed by atoms with Crippen molar-refractivity contribution in [3.8, 4) is 0 Å². The molecule has 1 aromatic rings. The molecule has 14 heavy (non-hydrogen) atoms. The van der Waals surface area contributed by atoms with Crippen molar-refractivity contribution >= 4 is 11.5 Å². The fraction of sp³-hybridized carbons (Fsp3) is 0.300. The Balaban J connectivity index is 2.45. The Kier molecular flexibility index (Phi) is 2.04. The first-order chi connectivity index (χ1) is 6.72. The summed E-state index contributed by atoms with van der Waals surface area (Å²) in [6.45, 7) is 1.07. The molecule has 1 aliphatic heterocycles. The van der Waals surface area contributed by atoms with E-state index in [2.05, 4.69) is 23.1 Å². The van der Waals surface area contributed by atoms with Gasteiger partial charge in [-0.15, -0.1) is 0 Å². The van der Waals surface area contributed by atoms with Crippen LogP contribution in [0.1, 0.15) is 11.1 Å². The number of hydrazone groups is 1. The zero-order valence-electron chi connectivity index (χ0n) is 8.20. The van der Waals surface area contributed by atoms with Gasteiger partial charge >= 0.3 is 0 Å². The van der Waals surface area contributed by atoms with Crippen molar-refractivity contribution in [3.05, 3.63) is 29.3 Å². The van der Waals surface area contributed by atoms with E-state index in [0.717, 1.165) is 18.5 Å². The van der Waals surface area contributed by atoms with Gasteiger partial charge in [0, 0.05) is 24.8 Å². The average molecular weight is 190 g/mol. The van der Waals surface area contributed by atoms with Crippen LogP contribution in [0.25, 0.3) is 0 Å². The first-order valence-electron chi connectivity index (χ1n) is 4.60. The van der Waals surface area contributed by atoms with Crippen LogP contribution in [0.5, 0.6) is 0 Å². The molecule has 2 rings (SSSR count). The lowest BCUT2D eigenvalue weighted by Crippen LogP contribution is -2.17. The van der Waals surface area contributed by atoms with E-state index in [-0.39, 0.29) is 0 Å². The Hall–Kier alpha value is -1.71. The number of likely N-dealkylation sites (N-methyl/N-ethyl adjacent to an activating group) is 1. The number of rotatable bonds is 1. The van der Waals surface area contributed by atoms with Crippen LogP contribution in [0.2, 0.25) is 0 Å². The van der Waals surface area contributed by atoms with E-state index in [4.69, 9.17) is 11.6 Å². The van der Waals surface area contributed by atoms with Gasteiger partial charge in [-0.1, -0.05) is 12.1 Å². The van der Waals surface area contributed by atoms with Crippen LogP contribution >= 0.6 is 0 Å². The fourth-order valence-electron chi connectivity index (χ4n) is 1.77. The van der Waals surface area contributed by atoms with Gasteiger partial charge in [0.1, 0.15) is 5.84 Å². The zero-order chi connectivity index (χ0) is 10.1. The molecule has 74 valence electrons. The summed E-state index contributed by atoms with van der Waals surface area (Å²) >= 11 is 0. The molecule has 0 amide bonds. The van der Waals surface area contributed by atoms with E-state index < -0.39 is 0 Å². The molecular weight excluding hydrogens is 176 g/mol. The SMILES string of the molecule is CN1CCc2ccc(/C(N)=N/N)cc21. The highest BCUT2D eigenvalue weighted by Gasteiger charge is 2.16. The first kappa shape index (κ1) is 8.87. The molecule has 0 saturated heterocycles. The number of hydrogen-bond donors (Lipinski definition) is 2. The molecule has 1 aromatic carbocycles. The Morgan fingerprint density at radius 3 is 3.00 bits per heavy atom. The van der Waals surface area contributed by atoms with Crippen molar-refractivity contribution < 1.29 is 0 Å². The van der Waals surface area contributed by atoms with E-state index in [9.17, 15) is 0 Å². The average Bonchev–Trinajstić information content (AvgIpc) is 2.59. The minimum Gasteiger partial charge on any atom is -0.382 e. The van der Waals surface area contributed by atoms with E-state index >= 15 is 0 Å². The fourth-order valence-corrected chi connectivity index (χ4v) is 1.77. The van der Waals surface area contributed by atoms with Gasteiger partial charge in [0.2, 0.25) is 0 Å². The third kappa shape index (κ3) is 1.28. The van der Waals surface area contributed by atoms with Crippen LogP contribution < -0.4 is 16.5 Å². The van der Waals surface area contributed by atoms with Crippen LogP contribution in [-0.2, 0) is 6.42 Å². The minimum atomic E-state index is 0.383. The largest absolute Gasteiger partial charge is 0.382 e. The first-order valence-corrected chi connectivity index (χ1v) is 4.60. The molecule has 0 fully saturated rings. The Morgan fingerprint density at radius 1 is 1.50 bits per heavy atom. The highest BCUT2D eigenvalue weighted by atomic mass is 15.2. The predicted octanol–water partition coefficient (Wildman–Crippen LogP) is 0.258. The maximum absolute atomic E-state index is 5.64. The third-order valence-corrected chi connectivity index (χ3v) is 2.65. The monoisotopic (exact) mass is 190 g/mol. The number of nitrogens with two attached hydrogens (primary N) is 2. The number of amidine groups is 1. The highest BCUT2D eigenvalue weighted by Crippen LogP contribution is 2.27. The summed E-state index contributed by atoms with van der Waals surface area (Å²) in [5, 5.41) is 3.49. The molecule has 1 heterocycles. The summed E-state index contributed by atoms with van der Waals surface area (Å²) in [5.41, 5.74) is 9.12.